The lowest BCUT2D eigenvalue weighted by atomic mass is 10.1. The fourth-order valence-corrected chi connectivity index (χ4v) is 4.29. The largest absolute Gasteiger partial charge is 0.357 e. The Bertz CT molecular complexity index is 783. The molecular formula is C23H31N5. The average Bonchev–Trinajstić information content (AvgIpc) is 3.44. The summed E-state index contributed by atoms with van der Waals surface area (Å²) in [6.07, 6.45) is 5.81. The Balaban J connectivity index is 1.44. The number of aliphatic imine (C=N–C) groups is 1. The topological polar surface area (TPSA) is 43.8 Å². The highest BCUT2D eigenvalue weighted by Gasteiger charge is 2.30. The van der Waals surface area contributed by atoms with Gasteiger partial charge >= 0.3 is 0 Å². The number of aromatic nitrogens is 1. The van der Waals surface area contributed by atoms with Gasteiger partial charge in [-0.05, 0) is 63.0 Å². The van der Waals surface area contributed by atoms with Gasteiger partial charge in [0.25, 0.3) is 0 Å². The molecule has 28 heavy (non-hydrogen) atoms. The van der Waals surface area contributed by atoms with E-state index < -0.39 is 0 Å². The van der Waals surface area contributed by atoms with Crippen LogP contribution in [0.3, 0.4) is 0 Å². The van der Waals surface area contributed by atoms with E-state index in [4.69, 9.17) is 4.99 Å². The summed E-state index contributed by atoms with van der Waals surface area (Å²) in [5.74, 6) is 1.05. The van der Waals surface area contributed by atoms with Crippen molar-refractivity contribution in [2.24, 2.45) is 4.99 Å². The van der Waals surface area contributed by atoms with Crippen molar-refractivity contribution in [1.82, 2.24) is 20.1 Å². The summed E-state index contributed by atoms with van der Waals surface area (Å²) >= 11 is 0. The summed E-state index contributed by atoms with van der Waals surface area (Å²) in [6.45, 7) is 8.47. The van der Waals surface area contributed by atoms with Crippen LogP contribution in [0.1, 0.15) is 31.7 Å². The molecule has 2 saturated heterocycles. The predicted octanol–water partition coefficient (Wildman–Crippen LogP) is 3.38. The molecule has 3 heterocycles. The van der Waals surface area contributed by atoms with Crippen molar-refractivity contribution in [1.29, 1.82) is 0 Å². The quantitative estimate of drug-likeness (QED) is 0.641. The van der Waals surface area contributed by atoms with Crippen LogP contribution in [-0.4, -0.2) is 59.5 Å². The molecular weight excluding hydrogens is 346 g/mol. The molecule has 1 atom stereocenters. The normalized spacial score (nSPS) is 20.7. The van der Waals surface area contributed by atoms with Gasteiger partial charge < -0.3 is 10.2 Å². The molecule has 1 aromatic carbocycles. The van der Waals surface area contributed by atoms with Crippen LogP contribution in [-0.2, 0) is 6.54 Å². The van der Waals surface area contributed by atoms with E-state index in [9.17, 15) is 0 Å². The van der Waals surface area contributed by atoms with E-state index in [1.807, 2.05) is 18.3 Å². The highest BCUT2D eigenvalue weighted by atomic mass is 15.3. The molecule has 148 valence electrons. The summed E-state index contributed by atoms with van der Waals surface area (Å²) < 4.78 is 0. The minimum absolute atomic E-state index is 0.688. The maximum atomic E-state index is 4.95. The van der Waals surface area contributed by atoms with Gasteiger partial charge in [-0.15, -0.1) is 0 Å². The second-order valence-electron chi connectivity index (χ2n) is 7.72. The maximum absolute atomic E-state index is 4.95. The first kappa shape index (κ1) is 18.9. The smallest absolute Gasteiger partial charge is 0.194 e. The summed E-state index contributed by atoms with van der Waals surface area (Å²) in [6, 6.07) is 15.3. The van der Waals surface area contributed by atoms with E-state index in [1.165, 1.54) is 37.9 Å². The van der Waals surface area contributed by atoms with Crippen molar-refractivity contribution in [3.8, 4) is 11.3 Å². The van der Waals surface area contributed by atoms with Crippen LogP contribution < -0.4 is 5.32 Å². The van der Waals surface area contributed by atoms with E-state index in [-0.39, 0.29) is 0 Å². The zero-order chi connectivity index (χ0) is 19.2. The molecule has 5 heteroatoms. The standard InChI is InChI=1S/C23H31N5/c1-2-24-23(28-15-11-21(18-28)27-13-5-6-14-27)26-17-19-8-7-9-20(16-19)22-10-3-4-12-25-22/h3-4,7-10,12,16,21H,2,5-6,11,13-15,17-18H2,1H3,(H,24,26). The average molecular weight is 378 g/mol. The monoisotopic (exact) mass is 377 g/mol. The fraction of sp³-hybridized carbons (Fsp3) is 0.478. The molecule has 1 aromatic heterocycles. The van der Waals surface area contributed by atoms with Crippen molar-refractivity contribution in [3.05, 3.63) is 54.2 Å². The summed E-state index contributed by atoms with van der Waals surface area (Å²) in [4.78, 5) is 14.5. The first-order valence-corrected chi connectivity index (χ1v) is 10.6. The van der Waals surface area contributed by atoms with Gasteiger partial charge in [0.1, 0.15) is 0 Å². The number of nitrogens with one attached hydrogen (secondary N) is 1. The minimum Gasteiger partial charge on any atom is -0.357 e. The second kappa shape index (κ2) is 9.20. The Morgan fingerprint density at radius 1 is 1.14 bits per heavy atom. The van der Waals surface area contributed by atoms with Gasteiger partial charge in [0.2, 0.25) is 0 Å². The van der Waals surface area contributed by atoms with Gasteiger partial charge in [0.05, 0.1) is 12.2 Å². The Kier molecular flexibility index (Phi) is 6.22. The summed E-state index contributed by atoms with van der Waals surface area (Å²) in [5.41, 5.74) is 3.37. The lowest BCUT2D eigenvalue weighted by molar-refractivity contribution is 0.249. The molecule has 0 amide bonds. The van der Waals surface area contributed by atoms with Crippen LogP contribution in [0.5, 0.6) is 0 Å². The number of pyridine rings is 1. The molecule has 4 rings (SSSR count). The van der Waals surface area contributed by atoms with Crippen LogP contribution in [0.15, 0.2) is 53.7 Å². The van der Waals surface area contributed by atoms with Crippen LogP contribution in [0, 0.1) is 0 Å². The number of rotatable bonds is 5. The van der Waals surface area contributed by atoms with Gasteiger partial charge in [0.15, 0.2) is 5.96 Å². The fourth-order valence-electron chi connectivity index (χ4n) is 4.29. The lowest BCUT2D eigenvalue weighted by Gasteiger charge is -2.25. The summed E-state index contributed by atoms with van der Waals surface area (Å²) in [5, 5.41) is 3.50. The molecule has 0 bridgehead atoms. The van der Waals surface area contributed by atoms with Crippen molar-refractivity contribution in [2.75, 3.05) is 32.7 Å². The van der Waals surface area contributed by atoms with Crippen molar-refractivity contribution < 1.29 is 0 Å². The van der Waals surface area contributed by atoms with Gasteiger partial charge in [-0.2, -0.15) is 0 Å². The maximum Gasteiger partial charge on any atom is 0.194 e. The van der Waals surface area contributed by atoms with Gasteiger partial charge in [0, 0.05) is 37.4 Å². The van der Waals surface area contributed by atoms with E-state index >= 15 is 0 Å². The molecule has 0 spiro atoms. The minimum atomic E-state index is 0.688. The number of hydrogen-bond donors (Lipinski definition) is 1. The van der Waals surface area contributed by atoms with Crippen molar-refractivity contribution in [3.63, 3.8) is 0 Å². The Morgan fingerprint density at radius 2 is 2.04 bits per heavy atom. The summed E-state index contributed by atoms with van der Waals surface area (Å²) in [7, 11) is 0. The van der Waals surface area contributed by atoms with Gasteiger partial charge in [-0.1, -0.05) is 24.3 Å². The molecule has 2 aliphatic heterocycles. The van der Waals surface area contributed by atoms with Crippen LogP contribution in [0.4, 0.5) is 0 Å². The molecule has 0 radical (unpaired) electrons. The predicted molar refractivity (Wildman–Crippen MR) is 115 cm³/mol. The van der Waals surface area contributed by atoms with E-state index in [0.717, 1.165) is 36.9 Å². The number of guanidine groups is 1. The molecule has 0 aliphatic carbocycles. The molecule has 1 unspecified atom stereocenters. The van der Waals surface area contributed by atoms with Gasteiger partial charge in [-0.3, -0.25) is 9.88 Å². The van der Waals surface area contributed by atoms with Gasteiger partial charge in [-0.25, -0.2) is 4.99 Å². The number of hydrogen-bond acceptors (Lipinski definition) is 3. The molecule has 5 nitrogen and oxygen atoms in total. The highest BCUT2D eigenvalue weighted by molar-refractivity contribution is 5.80. The molecule has 0 saturated carbocycles. The Hall–Kier alpha value is -2.40. The number of nitrogens with zero attached hydrogens (tertiary/aromatic N) is 4. The number of likely N-dealkylation sites (tertiary alicyclic amines) is 2. The molecule has 2 aromatic rings. The second-order valence-corrected chi connectivity index (χ2v) is 7.72. The van der Waals surface area contributed by atoms with E-state index in [2.05, 4.69) is 57.4 Å². The third-order valence-corrected chi connectivity index (χ3v) is 5.75. The zero-order valence-corrected chi connectivity index (χ0v) is 16.8. The SMILES string of the molecule is CCNC(=NCc1cccc(-c2ccccn2)c1)N1CCC(N2CCCC2)C1. The van der Waals surface area contributed by atoms with Crippen molar-refractivity contribution in [2.45, 2.75) is 38.8 Å². The number of benzene rings is 1. The molecule has 2 fully saturated rings. The third kappa shape index (κ3) is 4.53. The first-order chi connectivity index (χ1) is 13.8. The van der Waals surface area contributed by atoms with E-state index in [1.54, 1.807) is 0 Å². The lowest BCUT2D eigenvalue weighted by Crippen LogP contribution is -2.42. The molecule has 1 N–H and O–H groups in total. The van der Waals surface area contributed by atoms with E-state index in [0.29, 0.717) is 12.6 Å². The zero-order valence-electron chi connectivity index (χ0n) is 16.8. The first-order valence-electron chi connectivity index (χ1n) is 10.6. The van der Waals surface area contributed by atoms with Crippen LogP contribution in [0.2, 0.25) is 0 Å². The third-order valence-electron chi connectivity index (χ3n) is 5.75. The van der Waals surface area contributed by atoms with Crippen LogP contribution >= 0.6 is 0 Å². The Labute approximate surface area is 168 Å². The van der Waals surface area contributed by atoms with Crippen molar-refractivity contribution >= 4 is 5.96 Å². The van der Waals surface area contributed by atoms with Crippen LogP contribution in [0.25, 0.3) is 11.3 Å². The molecule has 2 aliphatic rings. The highest BCUT2D eigenvalue weighted by Crippen LogP contribution is 2.21. The Morgan fingerprint density at radius 3 is 2.82 bits per heavy atom.